The van der Waals surface area contributed by atoms with Crippen molar-refractivity contribution in [3.63, 3.8) is 0 Å². The number of nitrogens with zero attached hydrogens (tertiary/aromatic N) is 4. The van der Waals surface area contributed by atoms with E-state index in [1.807, 2.05) is 62.4 Å². The molecular weight excluding hydrogens is 442 g/mol. The van der Waals surface area contributed by atoms with Crippen molar-refractivity contribution in [1.82, 2.24) is 19.6 Å². The zero-order chi connectivity index (χ0) is 22.7. The summed E-state index contributed by atoms with van der Waals surface area (Å²) in [4.78, 5) is 21.5. The van der Waals surface area contributed by atoms with Gasteiger partial charge in [-0.05, 0) is 55.2 Å². The lowest BCUT2D eigenvalue weighted by molar-refractivity contribution is -0.113. The molecule has 2 heterocycles. The average Bonchev–Trinajstić information content (AvgIpc) is 3.20. The van der Waals surface area contributed by atoms with Crippen molar-refractivity contribution in [2.24, 2.45) is 0 Å². The third-order valence-corrected chi connectivity index (χ3v) is 6.54. The molecule has 0 spiro atoms. The van der Waals surface area contributed by atoms with E-state index in [0.717, 1.165) is 39.6 Å². The van der Waals surface area contributed by atoms with Crippen LogP contribution in [0.1, 0.15) is 35.0 Å². The van der Waals surface area contributed by atoms with Crippen molar-refractivity contribution in [3.8, 4) is 0 Å². The second-order valence-electron chi connectivity index (χ2n) is 7.52. The molecule has 0 saturated heterocycles. The monoisotopic (exact) mass is 465 g/mol. The van der Waals surface area contributed by atoms with Gasteiger partial charge >= 0.3 is 0 Å². The van der Waals surface area contributed by atoms with Gasteiger partial charge in [-0.1, -0.05) is 60.6 Å². The van der Waals surface area contributed by atoms with Gasteiger partial charge in [0.25, 0.3) is 5.78 Å². The van der Waals surface area contributed by atoms with E-state index in [1.165, 1.54) is 17.3 Å². The predicted molar refractivity (Wildman–Crippen MR) is 130 cm³/mol. The fraction of sp³-hybridized carbons (Fsp3) is 0.250. The number of aromatic nitrogens is 4. The molecule has 0 atom stereocenters. The van der Waals surface area contributed by atoms with E-state index < -0.39 is 0 Å². The third-order valence-electron chi connectivity index (χ3n) is 5.33. The number of anilines is 1. The number of hydrogen-bond acceptors (Lipinski definition) is 5. The van der Waals surface area contributed by atoms with Crippen LogP contribution in [0.4, 0.5) is 5.69 Å². The maximum Gasteiger partial charge on any atom is 0.253 e. The topological polar surface area (TPSA) is 72.2 Å². The van der Waals surface area contributed by atoms with Gasteiger partial charge in [-0.3, -0.25) is 4.79 Å². The van der Waals surface area contributed by atoms with Crippen molar-refractivity contribution < 1.29 is 4.79 Å². The average molecular weight is 466 g/mol. The Morgan fingerprint density at radius 3 is 2.56 bits per heavy atom. The zero-order valence-electron chi connectivity index (χ0n) is 18.2. The SMILES string of the molecule is CCc1ccc(NC(=O)CSc2nc3nc(C)c(Cc4ccccc4Cl)c(C)n3n2)cc1. The van der Waals surface area contributed by atoms with Crippen LogP contribution in [0, 0.1) is 13.8 Å². The van der Waals surface area contributed by atoms with Crippen molar-refractivity contribution >= 4 is 40.7 Å². The number of hydrogen-bond donors (Lipinski definition) is 1. The Kier molecular flexibility index (Phi) is 6.77. The molecule has 4 rings (SSSR count). The highest BCUT2D eigenvalue weighted by atomic mass is 35.5. The van der Waals surface area contributed by atoms with Crippen molar-refractivity contribution in [3.05, 3.63) is 81.6 Å². The van der Waals surface area contributed by atoms with Crippen molar-refractivity contribution in [1.29, 1.82) is 0 Å². The summed E-state index contributed by atoms with van der Waals surface area (Å²) in [6, 6.07) is 15.7. The Hall–Kier alpha value is -2.90. The number of benzene rings is 2. The number of carbonyl (C=O) groups is 1. The van der Waals surface area contributed by atoms with E-state index in [9.17, 15) is 4.79 Å². The highest BCUT2D eigenvalue weighted by Crippen LogP contribution is 2.24. The number of nitrogens with one attached hydrogen (secondary N) is 1. The number of rotatable bonds is 7. The summed E-state index contributed by atoms with van der Waals surface area (Å²) in [6.07, 6.45) is 1.64. The summed E-state index contributed by atoms with van der Waals surface area (Å²) in [7, 11) is 0. The van der Waals surface area contributed by atoms with E-state index in [-0.39, 0.29) is 11.7 Å². The van der Waals surface area contributed by atoms with Crippen LogP contribution >= 0.6 is 23.4 Å². The number of amides is 1. The normalized spacial score (nSPS) is 11.1. The molecule has 1 amide bonds. The second kappa shape index (κ2) is 9.71. The molecular formula is C24H24ClN5OS. The Bertz CT molecular complexity index is 1270. The van der Waals surface area contributed by atoms with E-state index in [1.54, 1.807) is 4.52 Å². The van der Waals surface area contributed by atoms with Crippen LogP contribution in [0.3, 0.4) is 0 Å². The maximum absolute atomic E-state index is 12.3. The first kappa shape index (κ1) is 22.3. The van der Waals surface area contributed by atoms with E-state index in [0.29, 0.717) is 17.4 Å². The molecule has 0 bridgehead atoms. The number of aryl methyl sites for hydroxylation is 3. The van der Waals surface area contributed by atoms with Crippen LogP contribution in [-0.4, -0.2) is 31.2 Å². The van der Waals surface area contributed by atoms with Crippen LogP contribution in [0.25, 0.3) is 5.78 Å². The Morgan fingerprint density at radius 1 is 1.09 bits per heavy atom. The Balaban J connectivity index is 1.47. The van der Waals surface area contributed by atoms with Crippen LogP contribution in [0.2, 0.25) is 5.02 Å². The molecule has 0 aliphatic heterocycles. The molecule has 0 radical (unpaired) electrons. The van der Waals surface area contributed by atoms with Gasteiger partial charge in [0.2, 0.25) is 11.1 Å². The molecule has 0 aliphatic rings. The van der Waals surface area contributed by atoms with E-state index >= 15 is 0 Å². The van der Waals surface area contributed by atoms with Gasteiger partial charge < -0.3 is 5.32 Å². The number of halogens is 1. The molecule has 0 fully saturated rings. The van der Waals surface area contributed by atoms with Gasteiger partial charge in [-0.2, -0.15) is 4.98 Å². The van der Waals surface area contributed by atoms with Gasteiger partial charge in [-0.25, -0.2) is 9.50 Å². The first-order chi connectivity index (χ1) is 15.4. The number of fused-ring (bicyclic) bond motifs is 1. The third kappa shape index (κ3) is 4.95. The lowest BCUT2D eigenvalue weighted by Crippen LogP contribution is -2.14. The molecule has 0 saturated carbocycles. The molecule has 4 aromatic rings. The summed E-state index contributed by atoms with van der Waals surface area (Å²) in [6.45, 7) is 6.07. The quantitative estimate of drug-likeness (QED) is 0.376. The zero-order valence-corrected chi connectivity index (χ0v) is 19.8. The molecule has 8 heteroatoms. The Morgan fingerprint density at radius 2 is 1.84 bits per heavy atom. The molecule has 164 valence electrons. The molecule has 1 N–H and O–H groups in total. The summed E-state index contributed by atoms with van der Waals surface area (Å²) in [5.41, 5.74) is 5.99. The highest BCUT2D eigenvalue weighted by molar-refractivity contribution is 7.99. The van der Waals surface area contributed by atoms with E-state index in [2.05, 4.69) is 27.3 Å². The lowest BCUT2D eigenvalue weighted by Gasteiger charge is -2.11. The van der Waals surface area contributed by atoms with Gasteiger partial charge in [0.15, 0.2) is 0 Å². The predicted octanol–water partition coefficient (Wildman–Crippen LogP) is 5.28. The largest absolute Gasteiger partial charge is 0.325 e. The highest BCUT2D eigenvalue weighted by Gasteiger charge is 2.16. The summed E-state index contributed by atoms with van der Waals surface area (Å²) < 4.78 is 1.74. The van der Waals surface area contributed by atoms with Crippen LogP contribution < -0.4 is 5.32 Å². The van der Waals surface area contributed by atoms with Crippen molar-refractivity contribution in [2.45, 2.75) is 38.8 Å². The second-order valence-corrected chi connectivity index (χ2v) is 8.87. The molecule has 2 aromatic heterocycles. The molecule has 32 heavy (non-hydrogen) atoms. The van der Waals surface area contributed by atoms with Crippen molar-refractivity contribution in [2.75, 3.05) is 11.1 Å². The van der Waals surface area contributed by atoms with Gasteiger partial charge in [0.1, 0.15) is 0 Å². The van der Waals surface area contributed by atoms with Gasteiger partial charge in [0, 0.05) is 28.5 Å². The number of thioether (sulfide) groups is 1. The summed E-state index contributed by atoms with van der Waals surface area (Å²) in [5.74, 6) is 0.649. The standard InChI is InChI=1S/C24H24ClN5OS/c1-4-17-9-11-19(12-10-17)27-22(31)14-32-24-28-23-26-15(2)20(16(3)30(23)29-24)13-18-7-5-6-8-21(18)25/h5-12H,4,13-14H2,1-3H3,(H,27,31). The van der Waals surface area contributed by atoms with Gasteiger partial charge in [-0.15, -0.1) is 5.10 Å². The van der Waals surface area contributed by atoms with Crippen LogP contribution in [0.5, 0.6) is 0 Å². The lowest BCUT2D eigenvalue weighted by atomic mass is 10.0. The first-order valence-corrected chi connectivity index (χ1v) is 11.8. The fourth-order valence-corrected chi connectivity index (χ4v) is 4.31. The van der Waals surface area contributed by atoms with Crippen LogP contribution in [0.15, 0.2) is 53.7 Å². The molecule has 0 aliphatic carbocycles. The van der Waals surface area contributed by atoms with Crippen LogP contribution in [-0.2, 0) is 17.6 Å². The minimum atomic E-state index is -0.0987. The molecule has 6 nitrogen and oxygen atoms in total. The Labute approximate surface area is 196 Å². The van der Waals surface area contributed by atoms with Gasteiger partial charge in [0.05, 0.1) is 5.75 Å². The minimum absolute atomic E-state index is 0.0987. The molecule has 0 unspecified atom stereocenters. The smallest absolute Gasteiger partial charge is 0.253 e. The maximum atomic E-state index is 12.3. The minimum Gasteiger partial charge on any atom is -0.325 e. The fourth-order valence-electron chi connectivity index (χ4n) is 3.49. The van der Waals surface area contributed by atoms with E-state index in [4.69, 9.17) is 11.6 Å². The summed E-state index contributed by atoms with van der Waals surface area (Å²) in [5, 5.41) is 8.73. The number of carbonyl (C=O) groups excluding carboxylic acids is 1. The first-order valence-electron chi connectivity index (χ1n) is 10.4. The summed E-state index contributed by atoms with van der Waals surface area (Å²) >= 11 is 7.64. The molecule has 2 aromatic carbocycles.